The molecule has 90 valence electrons. The number of halogens is 1. The van der Waals surface area contributed by atoms with Crippen molar-refractivity contribution >= 4 is 22.8 Å². The Balaban J connectivity index is 2.10. The third-order valence-corrected chi connectivity index (χ3v) is 3.59. The van der Waals surface area contributed by atoms with Crippen molar-refractivity contribution < 1.29 is 0 Å². The van der Waals surface area contributed by atoms with Crippen LogP contribution in [0, 0.1) is 0 Å². The fourth-order valence-corrected chi connectivity index (χ4v) is 2.68. The van der Waals surface area contributed by atoms with Gasteiger partial charge in [-0.1, -0.05) is 11.6 Å². The largest absolute Gasteiger partial charge is 0.399 e. The lowest BCUT2D eigenvalue weighted by Gasteiger charge is -2.21. The number of imidazole rings is 1. The first-order valence-electron chi connectivity index (χ1n) is 5.89. The molecule has 1 aliphatic rings. The quantitative estimate of drug-likeness (QED) is 0.814. The summed E-state index contributed by atoms with van der Waals surface area (Å²) in [5.74, 6) is 1.48. The monoisotopic (exact) mass is 250 g/mol. The first-order chi connectivity index (χ1) is 8.25. The Kier molecular flexibility index (Phi) is 2.68. The van der Waals surface area contributed by atoms with E-state index in [-0.39, 0.29) is 0 Å². The zero-order chi connectivity index (χ0) is 11.8. The van der Waals surface area contributed by atoms with E-state index in [1.807, 2.05) is 18.3 Å². The van der Waals surface area contributed by atoms with Crippen LogP contribution >= 0.6 is 11.6 Å². The molecule has 0 saturated carbocycles. The maximum Gasteiger partial charge on any atom is 0.155 e. The van der Waals surface area contributed by atoms with E-state index in [9.17, 15) is 0 Å². The maximum absolute atomic E-state index is 6.16. The van der Waals surface area contributed by atoms with Gasteiger partial charge in [-0.05, 0) is 31.5 Å². The summed E-state index contributed by atoms with van der Waals surface area (Å²) in [6.07, 6.45) is 4.30. The van der Waals surface area contributed by atoms with Gasteiger partial charge in [-0.15, -0.1) is 0 Å². The molecule has 2 aromatic heterocycles. The molecule has 1 fully saturated rings. The number of rotatable bonds is 1. The van der Waals surface area contributed by atoms with E-state index in [4.69, 9.17) is 17.3 Å². The van der Waals surface area contributed by atoms with Gasteiger partial charge in [0.25, 0.3) is 0 Å². The molecule has 3 N–H and O–H groups in total. The van der Waals surface area contributed by atoms with Gasteiger partial charge in [-0.25, -0.2) is 4.98 Å². The first-order valence-corrected chi connectivity index (χ1v) is 6.27. The number of nitrogens with one attached hydrogen (secondary N) is 1. The number of aromatic nitrogens is 2. The lowest BCUT2D eigenvalue weighted by Crippen LogP contribution is -2.29. The fraction of sp³-hybridized carbons (Fsp3) is 0.417. The number of pyridine rings is 1. The number of piperidine rings is 1. The minimum atomic E-state index is 0.437. The predicted molar refractivity (Wildman–Crippen MR) is 69.5 cm³/mol. The van der Waals surface area contributed by atoms with Crippen molar-refractivity contribution in [2.24, 2.45) is 0 Å². The summed E-state index contributed by atoms with van der Waals surface area (Å²) in [5, 5.41) is 3.94. The smallest absolute Gasteiger partial charge is 0.155 e. The highest BCUT2D eigenvalue weighted by atomic mass is 35.5. The predicted octanol–water partition coefficient (Wildman–Crippen LogP) is 2.04. The van der Waals surface area contributed by atoms with E-state index in [0.717, 1.165) is 30.9 Å². The van der Waals surface area contributed by atoms with Gasteiger partial charge in [-0.2, -0.15) is 0 Å². The van der Waals surface area contributed by atoms with E-state index < -0.39 is 0 Å². The van der Waals surface area contributed by atoms with Crippen LogP contribution in [0.25, 0.3) is 5.52 Å². The highest BCUT2D eigenvalue weighted by Gasteiger charge is 2.21. The molecule has 4 nitrogen and oxygen atoms in total. The Labute approximate surface area is 105 Å². The van der Waals surface area contributed by atoms with Crippen molar-refractivity contribution in [1.29, 1.82) is 0 Å². The average Bonchev–Trinajstić information content (AvgIpc) is 2.68. The molecular weight excluding hydrogens is 236 g/mol. The third kappa shape index (κ3) is 1.87. The second-order valence-corrected chi connectivity index (χ2v) is 4.88. The molecule has 0 spiro atoms. The van der Waals surface area contributed by atoms with Crippen molar-refractivity contribution in [2.75, 3.05) is 18.8 Å². The molecule has 1 aliphatic heterocycles. The number of nitrogens with two attached hydrogens (primary N) is 1. The molecule has 0 amide bonds. The summed E-state index contributed by atoms with van der Waals surface area (Å²) in [5.41, 5.74) is 7.38. The van der Waals surface area contributed by atoms with Crippen molar-refractivity contribution in [2.45, 2.75) is 18.8 Å². The van der Waals surface area contributed by atoms with Gasteiger partial charge in [0.15, 0.2) is 5.15 Å². The summed E-state index contributed by atoms with van der Waals surface area (Å²) < 4.78 is 2.05. The molecular formula is C12H15ClN4. The molecule has 0 bridgehead atoms. The Hall–Kier alpha value is -1.26. The standard InChI is InChI=1S/C12H15ClN4/c13-11-10-6-9(14)3-5-17(10)12(16-11)8-2-1-4-15-7-8/h3,5-6,8,15H,1-2,4,7,14H2. The minimum Gasteiger partial charge on any atom is -0.399 e. The van der Waals surface area contributed by atoms with Crippen molar-refractivity contribution in [3.63, 3.8) is 0 Å². The van der Waals surface area contributed by atoms with Crippen LogP contribution in [0.2, 0.25) is 5.15 Å². The van der Waals surface area contributed by atoms with Crippen LogP contribution in [0.1, 0.15) is 24.6 Å². The number of hydrogen-bond donors (Lipinski definition) is 2. The summed E-state index contributed by atoms with van der Waals surface area (Å²) in [6, 6.07) is 3.75. The molecule has 1 unspecified atom stereocenters. The second kappa shape index (κ2) is 4.20. The zero-order valence-corrected chi connectivity index (χ0v) is 10.2. The summed E-state index contributed by atoms with van der Waals surface area (Å²) in [4.78, 5) is 4.49. The number of hydrogen-bond acceptors (Lipinski definition) is 3. The van der Waals surface area contributed by atoms with Gasteiger partial charge in [0, 0.05) is 24.3 Å². The molecule has 0 aliphatic carbocycles. The molecule has 2 aromatic rings. The van der Waals surface area contributed by atoms with Crippen LogP contribution in [0.4, 0.5) is 5.69 Å². The van der Waals surface area contributed by atoms with Crippen LogP contribution in [0.15, 0.2) is 18.3 Å². The molecule has 17 heavy (non-hydrogen) atoms. The topological polar surface area (TPSA) is 55.4 Å². The van der Waals surface area contributed by atoms with E-state index in [0.29, 0.717) is 16.8 Å². The van der Waals surface area contributed by atoms with Crippen LogP contribution in [0.5, 0.6) is 0 Å². The Morgan fingerprint density at radius 3 is 3.18 bits per heavy atom. The van der Waals surface area contributed by atoms with Gasteiger partial charge in [0.1, 0.15) is 5.82 Å². The Morgan fingerprint density at radius 1 is 1.53 bits per heavy atom. The van der Waals surface area contributed by atoms with Crippen LogP contribution in [-0.4, -0.2) is 22.5 Å². The lowest BCUT2D eigenvalue weighted by atomic mass is 9.99. The number of nitrogen functional groups attached to an aromatic ring is 1. The molecule has 3 rings (SSSR count). The van der Waals surface area contributed by atoms with Gasteiger partial charge in [-0.3, -0.25) is 0 Å². The lowest BCUT2D eigenvalue weighted by molar-refractivity contribution is 0.445. The molecule has 5 heteroatoms. The van der Waals surface area contributed by atoms with E-state index in [2.05, 4.69) is 14.7 Å². The number of anilines is 1. The summed E-state index contributed by atoms with van der Waals surface area (Å²) >= 11 is 6.16. The van der Waals surface area contributed by atoms with E-state index >= 15 is 0 Å². The summed E-state index contributed by atoms with van der Waals surface area (Å²) in [7, 11) is 0. The van der Waals surface area contributed by atoms with Gasteiger partial charge in [0.05, 0.1) is 5.52 Å². The van der Waals surface area contributed by atoms with Crippen molar-refractivity contribution in [3.8, 4) is 0 Å². The highest BCUT2D eigenvalue weighted by Crippen LogP contribution is 2.28. The zero-order valence-electron chi connectivity index (χ0n) is 9.49. The molecule has 0 radical (unpaired) electrons. The normalized spacial score (nSPS) is 20.9. The fourth-order valence-electron chi connectivity index (χ4n) is 2.45. The van der Waals surface area contributed by atoms with Crippen molar-refractivity contribution in [1.82, 2.24) is 14.7 Å². The average molecular weight is 251 g/mol. The van der Waals surface area contributed by atoms with Gasteiger partial charge < -0.3 is 15.5 Å². The van der Waals surface area contributed by atoms with Crippen LogP contribution in [-0.2, 0) is 0 Å². The Morgan fingerprint density at radius 2 is 2.41 bits per heavy atom. The maximum atomic E-state index is 6.16. The highest BCUT2D eigenvalue weighted by molar-refractivity contribution is 6.32. The van der Waals surface area contributed by atoms with Crippen molar-refractivity contribution in [3.05, 3.63) is 29.3 Å². The van der Waals surface area contributed by atoms with E-state index in [1.54, 1.807) is 0 Å². The first kappa shape index (κ1) is 10.9. The van der Waals surface area contributed by atoms with Crippen LogP contribution < -0.4 is 11.1 Å². The molecule has 1 atom stereocenters. The molecule has 0 aromatic carbocycles. The Bertz CT molecular complexity index is 543. The number of nitrogens with zero attached hydrogens (tertiary/aromatic N) is 2. The molecule has 1 saturated heterocycles. The minimum absolute atomic E-state index is 0.437. The molecule has 3 heterocycles. The van der Waals surface area contributed by atoms with Gasteiger partial charge in [0.2, 0.25) is 0 Å². The van der Waals surface area contributed by atoms with Gasteiger partial charge >= 0.3 is 0 Å². The summed E-state index contributed by atoms with van der Waals surface area (Å²) in [6.45, 7) is 2.07. The second-order valence-electron chi connectivity index (χ2n) is 4.52. The SMILES string of the molecule is Nc1ccn2c(C3CCCNC3)nc(Cl)c2c1. The van der Waals surface area contributed by atoms with Crippen LogP contribution in [0.3, 0.4) is 0 Å². The van der Waals surface area contributed by atoms with E-state index in [1.165, 1.54) is 6.42 Å². The third-order valence-electron chi connectivity index (χ3n) is 3.31. The number of fused-ring (bicyclic) bond motifs is 1.